The maximum Gasteiger partial charge on any atom is 0.171 e. The van der Waals surface area contributed by atoms with Gasteiger partial charge < -0.3 is 14.0 Å². The van der Waals surface area contributed by atoms with Crippen molar-refractivity contribution in [3.63, 3.8) is 0 Å². The van der Waals surface area contributed by atoms with E-state index < -0.39 is 0 Å². The lowest BCUT2D eigenvalue weighted by atomic mass is 10.2. The van der Waals surface area contributed by atoms with E-state index in [-0.39, 0.29) is 6.10 Å². The Balaban J connectivity index is 1.51. The van der Waals surface area contributed by atoms with Gasteiger partial charge in [0.05, 0.1) is 18.8 Å². The van der Waals surface area contributed by atoms with E-state index >= 15 is 0 Å². The van der Waals surface area contributed by atoms with E-state index in [0.29, 0.717) is 12.7 Å². The normalized spacial score (nSPS) is 23.6. The van der Waals surface area contributed by atoms with Crippen LogP contribution in [0.5, 0.6) is 5.75 Å². The molecule has 2 atom stereocenters. The maximum absolute atomic E-state index is 5.84. The van der Waals surface area contributed by atoms with Crippen LogP contribution in [0, 0.1) is 6.92 Å². The SMILES string of the molecule is Cc1ccc(OCc2nnc3n2C[C@H]2CC[C@@H]3O2)cn1. The fraction of sp³-hybridized carbons (Fsp3) is 0.500. The summed E-state index contributed by atoms with van der Waals surface area (Å²) in [6.45, 7) is 3.20. The standard InChI is InChI=1S/C14H16N4O2/c1-9-2-3-10(6-15-9)19-8-13-16-17-14-12-5-4-11(20-12)7-18(13)14/h2-3,6,11-12H,4-5,7-8H2,1H3/t11-,12+/m1/s1. The highest BCUT2D eigenvalue weighted by atomic mass is 16.5. The second kappa shape index (κ2) is 4.56. The van der Waals surface area contributed by atoms with Crippen molar-refractivity contribution in [3.8, 4) is 5.75 Å². The molecule has 0 aliphatic carbocycles. The van der Waals surface area contributed by atoms with Crippen molar-refractivity contribution in [1.82, 2.24) is 19.7 Å². The minimum Gasteiger partial charge on any atom is -0.484 e. The summed E-state index contributed by atoms with van der Waals surface area (Å²) in [5.41, 5.74) is 0.978. The molecule has 2 aromatic heterocycles. The molecular weight excluding hydrogens is 256 g/mol. The number of fused-ring (bicyclic) bond motifs is 4. The molecule has 2 bridgehead atoms. The van der Waals surface area contributed by atoms with Gasteiger partial charge in [0.2, 0.25) is 0 Å². The van der Waals surface area contributed by atoms with Crippen LogP contribution in [-0.2, 0) is 17.9 Å². The number of rotatable bonds is 3. The summed E-state index contributed by atoms with van der Waals surface area (Å²) < 4.78 is 13.7. The number of hydrogen-bond donors (Lipinski definition) is 0. The molecule has 6 nitrogen and oxygen atoms in total. The van der Waals surface area contributed by atoms with Crippen molar-refractivity contribution in [1.29, 1.82) is 0 Å². The van der Waals surface area contributed by atoms with Crippen molar-refractivity contribution in [2.24, 2.45) is 0 Å². The van der Waals surface area contributed by atoms with Crippen molar-refractivity contribution in [2.75, 3.05) is 0 Å². The molecule has 0 aromatic carbocycles. The van der Waals surface area contributed by atoms with E-state index in [1.54, 1.807) is 6.20 Å². The molecule has 4 heterocycles. The van der Waals surface area contributed by atoms with Gasteiger partial charge >= 0.3 is 0 Å². The highest BCUT2D eigenvalue weighted by Gasteiger charge is 2.36. The lowest BCUT2D eigenvalue weighted by Crippen LogP contribution is -2.25. The Morgan fingerprint density at radius 2 is 2.30 bits per heavy atom. The maximum atomic E-state index is 5.84. The first-order valence-electron chi connectivity index (χ1n) is 6.92. The smallest absolute Gasteiger partial charge is 0.171 e. The first kappa shape index (κ1) is 11.8. The van der Waals surface area contributed by atoms with Crippen LogP contribution in [0.2, 0.25) is 0 Å². The van der Waals surface area contributed by atoms with Crippen LogP contribution < -0.4 is 4.74 Å². The van der Waals surface area contributed by atoms with E-state index in [4.69, 9.17) is 9.47 Å². The Morgan fingerprint density at radius 3 is 3.15 bits per heavy atom. The van der Waals surface area contributed by atoms with Gasteiger partial charge in [-0.2, -0.15) is 0 Å². The van der Waals surface area contributed by atoms with Crippen LogP contribution in [0.3, 0.4) is 0 Å². The molecule has 2 aliphatic heterocycles. The topological polar surface area (TPSA) is 62.1 Å². The lowest BCUT2D eigenvalue weighted by molar-refractivity contribution is 0.00448. The van der Waals surface area contributed by atoms with E-state index in [2.05, 4.69) is 19.7 Å². The van der Waals surface area contributed by atoms with Gasteiger partial charge in [-0.05, 0) is 31.9 Å². The third-order valence-corrected chi connectivity index (χ3v) is 3.89. The quantitative estimate of drug-likeness (QED) is 0.852. The highest BCUT2D eigenvalue weighted by Crippen LogP contribution is 2.37. The van der Waals surface area contributed by atoms with E-state index in [1.807, 2.05) is 19.1 Å². The summed E-state index contributed by atoms with van der Waals surface area (Å²) in [6, 6.07) is 3.85. The van der Waals surface area contributed by atoms with Gasteiger partial charge in [-0.1, -0.05) is 0 Å². The minimum absolute atomic E-state index is 0.121. The Hall–Kier alpha value is -1.95. The second-order valence-corrected chi connectivity index (χ2v) is 5.33. The molecular formula is C14H16N4O2. The molecule has 20 heavy (non-hydrogen) atoms. The fourth-order valence-corrected chi connectivity index (χ4v) is 2.81. The molecule has 4 rings (SSSR count). The van der Waals surface area contributed by atoms with Gasteiger partial charge in [-0.3, -0.25) is 4.98 Å². The third kappa shape index (κ3) is 1.96. The van der Waals surface area contributed by atoms with Gasteiger partial charge in [0.15, 0.2) is 11.6 Å². The predicted molar refractivity (Wildman–Crippen MR) is 70.2 cm³/mol. The molecule has 2 aromatic rings. The monoisotopic (exact) mass is 272 g/mol. The van der Waals surface area contributed by atoms with Crippen LogP contribution >= 0.6 is 0 Å². The summed E-state index contributed by atoms with van der Waals surface area (Å²) in [5, 5.41) is 8.49. The number of aryl methyl sites for hydroxylation is 1. The van der Waals surface area contributed by atoms with Gasteiger partial charge in [0, 0.05) is 5.69 Å². The molecule has 104 valence electrons. The molecule has 0 N–H and O–H groups in total. The highest BCUT2D eigenvalue weighted by molar-refractivity contribution is 5.19. The molecule has 1 fully saturated rings. The number of pyridine rings is 1. The number of nitrogens with zero attached hydrogens (tertiary/aromatic N) is 4. The molecule has 0 spiro atoms. The second-order valence-electron chi connectivity index (χ2n) is 5.33. The Labute approximate surface area is 116 Å². The van der Waals surface area contributed by atoms with Crippen molar-refractivity contribution < 1.29 is 9.47 Å². The van der Waals surface area contributed by atoms with E-state index in [9.17, 15) is 0 Å². The first-order chi connectivity index (χ1) is 9.79. The van der Waals surface area contributed by atoms with E-state index in [0.717, 1.165) is 42.5 Å². The summed E-state index contributed by atoms with van der Waals surface area (Å²) in [5.74, 6) is 2.56. The third-order valence-electron chi connectivity index (χ3n) is 3.89. The fourth-order valence-electron chi connectivity index (χ4n) is 2.81. The zero-order valence-electron chi connectivity index (χ0n) is 11.3. The van der Waals surface area contributed by atoms with Crippen LogP contribution in [-0.4, -0.2) is 25.9 Å². The Morgan fingerprint density at radius 1 is 1.35 bits per heavy atom. The number of ether oxygens (including phenoxy) is 2. The average Bonchev–Trinajstić information content (AvgIpc) is 3.04. The van der Waals surface area contributed by atoms with Crippen molar-refractivity contribution >= 4 is 0 Å². The summed E-state index contributed by atoms with van der Waals surface area (Å²) in [7, 11) is 0. The zero-order chi connectivity index (χ0) is 13.5. The van der Waals surface area contributed by atoms with E-state index in [1.165, 1.54) is 0 Å². The van der Waals surface area contributed by atoms with Crippen LogP contribution in [0.15, 0.2) is 18.3 Å². The summed E-state index contributed by atoms with van der Waals surface area (Å²) in [4.78, 5) is 4.21. The zero-order valence-corrected chi connectivity index (χ0v) is 11.3. The van der Waals surface area contributed by atoms with Crippen LogP contribution in [0.4, 0.5) is 0 Å². The predicted octanol–water partition coefficient (Wildman–Crippen LogP) is 1.79. The van der Waals surface area contributed by atoms with Gasteiger partial charge in [0.25, 0.3) is 0 Å². The Kier molecular flexibility index (Phi) is 2.70. The summed E-state index contributed by atoms with van der Waals surface area (Å²) >= 11 is 0. The molecule has 0 radical (unpaired) electrons. The first-order valence-corrected chi connectivity index (χ1v) is 6.92. The molecule has 0 saturated carbocycles. The van der Waals surface area contributed by atoms with Gasteiger partial charge in [-0.25, -0.2) is 0 Å². The van der Waals surface area contributed by atoms with Gasteiger partial charge in [0.1, 0.15) is 18.5 Å². The lowest BCUT2D eigenvalue weighted by Gasteiger charge is -2.22. The number of aromatic nitrogens is 4. The largest absolute Gasteiger partial charge is 0.484 e. The van der Waals surface area contributed by atoms with Crippen molar-refractivity contribution in [2.45, 2.75) is 45.1 Å². The molecule has 6 heteroatoms. The van der Waals surface area contributed by atoms with Crippen LogP contribution in [0.25, 0.3) is 0 Å². The molecule has 0 unspecified atom stereocenters. The molecule has 1 saturated heterocycles. The minimum atomic E-state index is 0.121. The Bertz CT molecular complexity index is 623. The number of hydrogen-bond acceptors (Lipinski definition) is 5. The van der Waals surface area contributed by atoms with Crippen LogP contribution in [0.1, 0.15) is 36.3 Å². The van der Waals surface area contributed by atoms with Gasteiger partial charge in [-0.15, -0.1) is 10.2 Å². The summed E-state index contributed by atoms with van der Waals surface area (Å²) in [6.07, 6.45) is 4.32. The molecule has 0 amide bonds. The molecule has 2 aliphatic rings. The average molecular weight is 272 g/mol. The van der Waals surface area contributed by atoms with Crippen molar-refractivity contribution in [3.05, 3.63) is 35.7 Å².